The van der Waals surface area contributed by atoms with E-state index >= 15 is 0 Å². The highest BCUT2D eigenvalue weighted by Gasteiger charge is 2.35. The van der Waals surface area contributed by atoms with Crippen LogP contribution >= 0.6 is 11.8 Å². The molecule has 5 unspecified atom stereocenters. The van der Waals surface area contributed by atoms with Crippen LogP contribution in [0.1, 0.15) is 49.0 Å². The molecule has 41 heavy (non-hydrogen) atoms. The van der Waals surface area contributed by atoms with Crippen molar-refractivity contribution in [3.8, 4) is 6.07 Å². The van der Waals surface area contributed by atoms with Gasteiger partial charge in [0, 0.05) is 31.1 Å². The lowest BCUT2D eigenvalue weighted by Gasteiger charge is -2.33. The lowest BCUT2D eigenvalue weighted by Crippen LogP contribution is -2.59. The number of carbonyl (C=O) groups is 3. The number of hydrogen-bond donors (Lipinski definition) is 5. The van der Waals surface area contributed by atoms with Crippen LogP contribution in [0, 0.1) is 23.0 Å². The molecule has 2 aromatic rings. The van der Waals surface area contributed by atoms with Gasteiger partial charge in [-0.05, 0) is 48.4 Å². The largest absolute Gasteiger partial charge is 0.388 e. The predicted octanol–water partition coefficient (Wildman–Crippen LogP) is 1.86. The number of pyridine rings is 1. The molecule has 0 aliphatic carbocycles. The molecule has 5 N–H and O–H groups in total. The minimum absolute atomic E-state index is 0.0728. The summed E-state index contributed by atoms with van der Waals surface area (Å²) < 4.78 is 27.9. The first-order chi connectivity index (χ1) is 19.5. The molecule has 10 nitrogen and oxygen atoms in total. The molecule has 3 amide bonds. The summed E-state index contributed by atoms with van der Waals surface area (Å²) >= 11 is 1.43. The van der Waals surface area contributed by atoms with Gasteiger partial charge >= 0.3 is 0 Å². The Morgan fingerprint density at radius 1 is 1.07 bits per heavy atom. The maximum absolute atomic E-state index is 13.9. The molecule has 0 aliphatic rings. The first-order valence-corrected chi connectivity index (χ1v) is 14.2. The Kier molecular flexibility index (Phi) is 14.2. The molecular weight excluding hydrogens is 556 g/mol. The Morgan fingerprint density at radius 3 is 2.34 bits per heavy atom. The van der Waals surface area contributed by atoms with Crippen molar-refractivity contribution in [2.24, 2.45) is 0 Å². The third-order valence-corrected chi connectivity index (χ3v) is 7.20. The van der Waals surface area contributed by atoms with Crippen LogP contribution in [0.2, 0.25) is 0 Å². The number of unbranched alkanes of at least 4 members (excludes halogenated alkanes) is 1. The molecule has 0 saturated carbocycles. The van der Waals surface area contributed by atoms with Gasteiger partial charge in [0.25, 0.3) is 5.91 Å². The molecule has 0 fully saturated rings. The number of aliphatic hydroxyl groups excluding tert-OH is 2. The van der Waals surface area contributed by atoms with Crippen LogP contribution in [0.4, 0.5) is 8.78 Å². The van der Waals surface area contributed by atoms with Crippen LogP contribution in [0.25, 0.3) is 0 Å². The quantitative estimate of drug-likeness (QED) is 0.185. The van der Waals surface area contributed by atoms with Gasteiger partial charge in [-0.15, -0.1) is 0 Å². The first-order valence-electron chi connectivity index (χ1n) is 13.1. The minimum Gasteiger partial charge on any atom is -0.388 e. The molecule has 0 aliphatic heterocycles. The number of nitrogens with zero attached hydrogens (tertiary/aromatic N) is 2. The standard InChI is InChI=1S/C28H35F2N5O5S/c1-3-4-10-41-16-24(35-27(39)19-6-5-9-32-15-19)28(40)34-23(13-18-11-20(29)14-21(30)12-18)26(38)25(37)22(7-8-31)33-17(2)36/h5-6,9,11-12,14-15,22-26,37-38H,3-4,7,10,13,16H2,1-2H3,(H,33,36)(H,34,40)(H,35,39). The zero-order valence-electron chi connectivity index (χ0n) is 22.8. The second-order valence-electron chi connectivity index (χ2n) is 9.44. The van der Waals surface area contributed by atoms with E-state index in [1.165, 1.54) is 37.1 Å². The zero-order valence-corrected chi connectivity index (χ0v) is 23.7. The van der Waals surface area contributed by atoms with Crippen molar-refractivity contribution in [3.63, 3.8) is 0 Å². The van der Waals surface area contributed by atoms with Crippen molar-refractivity contribution in [2.75, 3.05) is 11.5 Å². The van der Waals surface area contributed by atoms with Crippen molar-refractivity contribution < 1.29 is 33.4 Å². The highest BCUT2D eigenvalue weighted by atomic mass is 32.2. The minimum atomic E-state index is -1.78. The van der Waals surface area contributed by atoms with E-state index < -0.39 is 59.7 Å². The topological polar surface area (TPSA) is 164 Å². The highest BCUT2D eigenvalue weighted by molar-refractivity contribution is 7.99. The zero-order chi connectivity index (χ0) is 30.4. The molecule has 13 heteroatoms. The number of amides is 3. The molecule has 5 atom stereocenters. The van der Waals surface area contributed by atoms with Crippen molar-refractivity contribution >= 4 is 29.5 Å². The number of halogens is 2. The smallest absolute Gasteiger partial charge is 0.253 e. The molecule has 222 valence electrons. The Morgan fingerprint density at radius 2 is 1.76 bits per heavy atom. The monoisotopic (exact) mass is 591 g/mol. The van der Waals surface area contributed by atoms with Gasteiger partial charge < -0.3 is 26.2 Å². The molecule has 0 radical (unpaired) electrons. The van der Waals surface area contributed by atoms with Gasteiger partial charge in [0.05, 0.1) is 30.1 Å². The summed E-state index contributed by atoms with van der Waals surface area (Å²) in [5.41, 5.74) is 0.296. The van der Waals surface area contributed by atoms with Crippen molar-refractivity contribution in [2.45, 2.75) is 69.9 Å². The fraction of sp³-hybridized carbons (Fsp3) is 0.464. The van der Waals surface area contributed by atoms with Crippen LogP contribution in [-0.2, 0) is 16.0 Å². The molecule has 2 rings (SSSR count). The number of aromatic nitrogens is 1. The average Bonchev–Trinajstić information content (AvgIpc) is 2.92. The number of hydrogen-bond acceptors (Lipinski definition) is 8. The summed E-state index contributed by atoms with van der Waals surface area (Å²) in [6.45, 7) is 3.19. The van der Waals surface area contributed by atoms with Crippen LogP contribution < -0.4 is 16.0 Å². The van der Waals surface area contributed by atoms with Crippen LogP contribution in [0.5, 0.6) is 0 Å². The summed E-state index contributed by atoms with van der Waals surface area (Å²) in [6, 6.07) is 4.02. The molecule has 1 aromatic heterocycles. The van der Waals surface area contributed by atoms with E-state index in [4.69, 9.17) is 5.26 Å². The average molecular weight is 592 g/mol. The van der Waals surface area contributed by atoms with E-state index in [2.05, 4.69) is 20.9 Å². The number of nitriles is 1. The summed E-state index contributed by atoms with van der Waals surface area (Å²) in [5.74, 6) is -2.69. The van der Waals surface area contributed by atoms with Crippen LogP contribution in [0.3, 0.4) is 0 Å². The number of carbonyl (C=O) groups excluding carboxylic acids is 3. The number of aliphatic hydroxyl groups is 2. The van der Waals surface area contributed by atoms with Gasteiger partial charge in [-0.1, -0.05) is 13.3 Å². The van der Waals surface area contributed by atoms with Crippen molar-refractivity contribution in [1.82, 2.24) is 20.9 Å². The molecule has 0 saturated heterocycles. The Hall–Kier alpha value is -3.60. The highest BCUT2D eigenvalue weighted by Crippen LogP contribution is 2.16. The molecule has 0 spiro atoms. The van der Waals surface area contributed by atoms with Crippen LogP contribution in [0.15, 0.2) is 42.7 Å². The Bertz CT molecular complexity index is 1180. The first kappa shape index (κ1) is 33.6. The van der Waals surface area contributed by atoms with E-state index in [0.717, 1.165) is 30.7 Å². The van der Waals surface area contributed by atoms with Crippen LogP contribution in [-0.4, -0.2) is 74.8 Å². The number of benzene rings is 1. The SMILES string of the molecule is CCCCSCC(NC(=O)c1cccnc1)C(=O)NC(Cc1cc(F)cc(F)c1)C(O)C(O)C(CC#N)NC(C)=O. The summed E-state index contributed by atoms with van der Waals surface area (Å²) in [4.78, 5) is 41.8. The third-order valence-electron chi connectivity index (χ3n) is 6.05. The number of nitrogens with one attached hydrogen (secondary N) is 3. The molecule has 1 aromatic carbocycles. The summed E-state index contributed by atoms with van der Waals surface area (Å²) in [5, 5.41) is 38.8. The molecule has 1 heterocycles. The van der Waals surface area contributed by atoms with E-state index in [1.54, 1.807) is 6.07 Å². The van der Waals surface area contributed by atoms with Gasteiger partial charge in [-0.2, -0.15) is 17.0 Å². The Balaban J connectivity index is 2.35. The lowest BCUT2D eigenvalue weighted by molar-refractivity contribution is -0.126. The van der Waals surface area contributed by atoms with E-state index in [-0.39, 0.29) is 29.7 Å². The van der Waals surface area contributed by atoms with Gasteiger partial charge in [0.15, 0.2) is 0 Å². The van der Waals surface area contributed by atoms with Crippen molar-refractivity contribution in [3.05, 3.63) is 65.5 Å². The number of rotatable bonds is 16. The molecule has 0 bridgehead atoms. The van der Waals surface area contributed by atoms with E-state index in [0.29, 0.717) is 6.07 Å². The normalized spacial score (nSPS) is 14.6. The van der Waals surface area contributed by atoms with E-state index in [9.17, 15) is 33.4 Å². The Labute approximate surface area is 241 Å². The third kappa shape index (κ3) is 11.4. The fourth-order valence-corrected chi connectivity index (χ4v) is 5.11. The number of thioether (sulfide) groups is 1. The predicted molar refractivity (Wildman–Crippen MR) is 150 cm³/mol. The fourth-order valence-electron chi connectivity index (χ4n) is 3.98. The summed E-state index contributed by atoms with van der Waals surface area (Å²) in [6.07, 6.45) is 0.470. The van der Waals surface area contributed by atoms with Gasteiger partial charge in [-0.25, -0.2) is 8.78 Å². The lowest BCUT2D eigenvalue weighted by atomic mass is 9.92. The maximum Gasteiger partial charge on any atom is 0.253 e. The van der Waals surface area contributed by atoms with Gasteiger partial charge in [0.1, 0.15) is 29.9 Å². The summed E-state index contributed by atoms with van der Waals surface area (Å²) in [7, 11) is 0. The maximum atomic E-state index is 13.9. The van der Waals surface area contributed by atoms with E-state index in [1.807, 2.05) is 13.0 Å². The van der Waals surface area contributed by atoms with Gasteiger partial charge in [0.2, 0.25) is 11.8 Å². The second kappa shape index (κ2) is 17.3. The second-order valence-corrected chi connectivity index (χ2v) is 10.6. The molecular formula is C28H35F2N5O5S. The van der Waals surface area contributed by atoms with Crippen molar-refractivity contribution in [1.29, 1.82) is 5.26 Å². The van der Waals surface area contributed by atoms with Gasteiger partial charge in [-0.3, -0.25) is 19.4 Å².